The second-order valence-electron chi connectivity index (χ2n) is 6.16. The van der Waals surface area contributed by atoms with Crippen molar-refractivity contribution in [1.29, 1.82) is 0 Å². The van der Waals surface area contributed by atoms with Crippen molar-refractivity contribution < 1.29 is 0 Å². The highest BCUT2D eigenvalue weighted by atomic mass is 35.5. The van der Waals surface area contributed by atoms with E-state index in [4.69, 9.17) is 23.2 Å². The molecule has 1 aromatic rings. The minimum Gasteiger partial charge on any atom is -0.118 e. The first-order valence-corrected chi connectivity index (χ1v) is 7.26. The molecule has 0 bridgehead atoms. The fourth-order valence-electron chi connectivity index (χ4n) is 2.75. The van der Waals surface area contributed by atoms with Crippen molar-refractivity contribution >= 4 is 23.2 Å². The van der Waals surface area contributed by atoms with E-state index in [2.05, 4.69) is 39.0 Å². The van der Waals surface area contributed by atoms with E-state index < -0.39 is 0 Å². The van der Waals surface area contributed by atoms with Crippen molar-refractivity contribution in [1.82, 2.24) is 0 Å². The highest BCUT2D eigenvalue weighted by Crippen LogP contribution is 2.39. The second-order valence-corrected chi connectivity index (χ2v) is 7.13. The average Bonchev–Trinajstić information content (AvgIpc) is 2.19. The summed E-state index contributed by atoms with van der Waals surface area (Å²) in [6, 6.07) is 6.28. The van der Waals surface area contributed by atoms with Gasteiger partial charge < -0.3 is 0 Å². The molecule has 1 aromatic carbocycles. The third-order valence-electron chi connectivity index (χ3n) is 3.50. The van der Waals surface area contributed by atoms with E-state index in [1.807, 2.05) is 6.07 Å². The van der Waals surface area contributed by atoms with Gasteiger partial charge in [0.2, 0.25) is 0 Å². The first-order valence-electron chi connectivity index (χ1n) is 6.44. The van der Waals surface area contributed by atoms with E-state index in [0.717, 1.165) is 24.3 Å². The lowest BCUT2D eigenvalue weighted by atomic mass is 9.76. The van der Waals surface area contributed by atoms with Crippen molar-refractivity contribution in [3.63, 3.8) is 0 Å². The number of rotatable bonds is 2. The van der Waals surface area contributed by atoms with E-state index >= 15 is 0 Å². The monoisotopic (exact) mass is 282 g/mol. The van der Waals surface area contributed by atoms with Crippen LogP contribution in [0.3, 0.4) is 0 Å². The van der Waals surface area contributed by atoms with Crippen LogP contribution >= 0.6 is 23.2 Å². The normalized spacial score (nSPS) is 22.7. The SMILES string of the molecule is Cc1ccc(CC2=CC(Cl)CC(C)(C)C2)c(Cl)c1. The van der Waals surface area contributed by atoms with Crippen LogP contribution in [0.15, 0.2) is 29.8 Å². The minimum atomic E-state index is 0.160. The molecule has 1 atom stereocenters. The Labute approximate surface area is 120 Å². The van der Waals surface area contributed by atoms with Gasteiger partial charge in [0.15, 0.2) is 0 Å². The molecule has 2 rings (SSSR count). The number of hydrogen-bond donors (Lipinski definition) is 0. The van der Waals surface area contributed by atoms with Gasteiger partial charge in [-0.15, -0.1) is 11.6 Å². The van der Waals surface area contributed by atoms with Gasteiger partial charge in [0.25, 0.3) is 0 Å². The average molecular weight is 283 g/mol. The molecule has 0 N–H and O–H groups in total. The van der Waals surface area contributed by atoms with Crippen LogP contribution in [0, 0.1) is 12.3 Å². The fraction of sp³-hybridized carbons (Fsp3) is 0.500. The lowest BCUT2D eigenvalue weighted by Crippen LogP contribution is -2.22. The molecule has 1 aliphatic rings. The van der Waals surface area contributed by atoms with Crippen molar-refractivity contribution in [3.05, 3.63) is 46.0 Å². The maximum absolute atomic E-state index is 6.32. The Bertz CT molecular complexity index is 472. The first kappa shape index (κ1) is 14.0. The molecule has 0 heterocycles. The van der Waals surface area contributed by atoms with Gasteiger partial charge in [0, 0.05) is 5.02 Å². The van der Waals surface area contributed by atoms with Gasteiger partial charge in [-0.1, -0.05) is 49.2 Å². The summed E-state index contributed by atoms with van der Waals surface area (Å²) in [4.78, 5) is 0. The Balaban J connectivity index is 2.18. The Hall–Kier alpha value is -0.460. The van der Waals surface area contributed by atoms with Crippen molar-refractivity contribution in [2.45, 2.75) is 45.4 Å². The van der Waals surface area contributed by atoms with Gasteiger partial charge in [-0.25, -0.2) is 0 Å². The summed E-state index contributed by atoms with van der Waals surface area (Å²) in [6.07, 6.45) is 5.30. The Morgan fingerprint density at radius 3 is 2.67 bits per heavy atom. The summed E-state index contributed by atoms with van der Waals surface area (Å²) in [5, 5.41) is 1.03. The molecule has 0 radical (unpaired) electrons. The Morgan fingerprint density at radius 2 is 2.06 bits per heavy atom. The molecule has 2 heteroatoms. The topological polar surface area (TPSA) is 0 Å². The summed E-state index contributed by atoms with van der Waals surface area (Å²) in [5.41, 5.74) is 4.12. The minimum absolute atomic E-state index is 0.160. The highest BCUT2D eigenvalue weighted by Gasteiger charge is 2.27. The zero-order valence-corrected chi connectivity index (χ0v) is 12.8. The van der Waals surface area contributed by atoms with Crippen LogP contribution in [0.4, 0.5) is 0 Å². The number of hydrogen-bond acceptors (Lipinski definition) is 0. The molecule has 18 heavy (non-hydrogen) atoms. The van der Waals surface area contributed by atoms with E-state index in [9.17, 15) is 0 Å². The molecule has 1 unspecified atom stereocenters. The molecule has 1 aliphatic carbocycles. The number of halogens is 2. The van der Waals surface area contributed by atoms with Gasteiger partial charge in [-0.3, -0.25) is 0 Å². The summed E-state index contributed by atoms with van der Waals surface area (Å²) < 4.78 is 0. The predicted octanol–water partition coefficient (Wildman–Crippen LogP) is 5.54. The van der Waals surface area contributed by atoms with E-state index in [0.29, 0.717) is 5.41 Å². The van der Waals surface area contributed by atoms with Gasteiger partial charge >= 0.3 is 0 Å². The largest absolute Gasteiger partial charge is 0.118 e. The molecule has 98 valence electrons. The molecule has 0 amide bonds. The lowest BCUT2D eigenvalue weighted by Gasteiger charge is -2.32. The van der Waals surface area contributed by atoms with Crippen LogP contribution in [-0.4, -0.2) is 5.38 Å². The molecule has 0 spiro atoms. The van der Waals surface area contributed by atoms with Gasteiger partial charge in [-0.05, 0) is 48.8 Å². The first-order chi connectivity index (χ1) is 8.35. The zero-order valence-electron chi connectivity index (χ0n) is 11.3. The smallest absolute Gasteiger partial charge is 0.0523 e. The molecular formula is C16H20Cl2. The molecule has 0 fully saturated rings. The standard InChI is InChI=1S/C16H20Cl2/c1-11-4-5-13(15(18)6-11)7-12-8-14(17)10-16(2,3)9-12/h4-6,8,14H,7,9-10H2,1-3H3. The summed E-state index contributed by atoms with van der Waals surface area (Å²) in [7, 11) is 0. The fourth-order valence-corrected chi connectivity index (χ4v) is 3.65. The van der Waals surface area contributed by atoms with Gasteiger partial charge in [0.1, 0.15) is 0 Å². The number of aryl methyl sites for hydroxylation is 1. The van der Waals surface area contributed by atoms with Gasteiger partial charge in [-0.2, -0.15) is 0 Å². The van der Waals surface area contributed by atoms with Crippen LogP contribution in [-0.2, 0) is 6.42 Å². The lowest BCUT2D eigenvalue weighted by molar-refractivity contribution is 0.320. The van der Waals surface area contributed by atoms with Crippen LogP contribution in [0.25, 0.3) is 0 Å². The molecular weight excluding hydrogens is 263 g/mol. The third-order valence-corrected chi connectivity index (χ3v) is 4.13. The number of alkyl halides is 1. The molecule has 0 saturated carbocycles. The van der Waals surface area contributed by atoms with E-state index in [1.54, 1.807) is 0 Å². The number of allylic oxidation sites excluding steroid dienone is 2. The van der Waals surface area contributed by atoms with Crippen LogP contribution in [0.5, 0.6) is 0 Å². The van der Waals surface area contributed by atoms with Crippen molar-refractivity contribution in [3.8, 4) is 0 Å². The Morgan fingerprint density at radius 1 is 1.33 bits per heavy atom. The Kier molecular flexibility index (Phi) is 4.08. The van der Waals surface area contributed by atoms with Crippen LogP contribution < -0.4 is 0 Å². The van der Waals surface area contributed by atoms with Crippen molar-refractivity contribution in [2.75, 3.05) is 0 Å². The van der Waals surface area contributed by atoms with E-state index in [1.165, 1.54) is 16.7 Å². The van der Waals surface area contributed by atoms with E-state index in [-0.39, 0.29) is 5.38 Å². The van der Waals surface area contributed by atoms with Crippen molar-refractivity contribution in [2.24, 2.45) is 5.41 Å². The molecule has 0 aliphatic heterocycles. The highest BCUT2D eigenvalue weighted by molar-refractivity contribution is 6.31. The molecule has 0 aromatic heterocycles. The maximum atomic E-state index is 6.32. The third kappa shape index (κ3) is 3.52. The van der Waals surface area contributed by atoms with Crippen LogP contribution in [0.1, 0.15) is 37.8 Å². The summed E-state index contributed by atoms with van der Waals surface area (Å²) in [6.45, 7) is 6.63. The number of benzene rings is 1. The van der Waals surface area contributed by atoms with Crippen LogP contribution in [0.2, 0.25) is 5.02 Å². The summed E-state index contributed by atoms with van der Waals surface area (Å²) >= 11 is 12.6. The summed E-state index contributed by atoms with van der Waals surface area (Å²) in [5.74, 6) is 0. The zero-order chi connectivity index (χ0) is 13.3. The second kappa shape index (κ2) is 5.27. The molecule has 0 saturated heterocycles. The molecule has 0 nitrogen and oxygen atoms in total. The maximum Gasteiger partial charge on any atom is 0.0523 e. The van der Waals surface area contributed by atoms with Gasteiger partial charge in [0.05, 0.1) is 5.38 Å². The quantitative estimate of drug-likeness (QED) is 0.493. The predicted molar refractivity (Wildman–Crippen MR) is 80.6 cm³/mol.